The molecule has 0 radical (unpaired) electrons. The highest BCUT2D eigenvalue weighted by molar-refractivity contribution is 9.10. The van der Waals surface area contributed by atoms with Crippen LogP contribution in [0.3, 0.4) is 0 Å². The maximum atomic E-state index is 11.9. The van der Waals surface area contributed by atoms with Gasteiger partial charge in [-0.3, -0.25) is 14.2 Å². The van der Waals surface area contributed by atoms with E-state index in [9.17, 15) is 9.59 Å². The van der Waals surface area contributed by atoms with Crippen LogP contribution in [-0.4, -0.2) is 15.5 Å². The molecule has 0 spiro atoms. The Bertz CT molecular complexity index is 653. The Labute approximate surface area is 118 Å². The molecule has 2 aromatic rings. The summed E-state index contributed by atoms with van der Waals surface area (Å²) in [5, 5.41) is 2.71. The van der Waals surface area contributed by atoms with Crippen molar-refractivity contribution in [3.05, 3.63) is 57.2 Å². The lowest BCUT2D eigenvalue weighted by Crippen LogP contribution is -2.28. The van der Waals surface area contributed by atoms with Crippen LogP contribution in [0.25, 0.3) is 0 Å². The third kappa shape index (κ3) is 3.29. The number of aryl methyl sites for hydroxylation is 1. The number of carbonyl (C=O) groups is 1. The Kier molecular flexibility index (Phi) is 4.11. The first kappa shape index (κ1) is 13.5. The molecule has 1 aromatic carbocycles. The predicted octanol–water partition coefficient (Wildman–Crippen LogP) is 1.95. The second-order valence-electron chi connectivity index (χ2n) is 3.99. The van der Waals surface area contributed by atoms with Crippen molar-refractivity contribution in [2.45, 2.75) is 13.5 Å². The summed E-state index contributed by atoms with van der Waals surface area (Å²) in [5.41, 5.74) is 1.03. The monoisotopic (exact) mass is 321 g/mol. The SMILES string of the molecule is Cc1ncn(CC(=O)Nc2ccccc2)c(=O)c1Br. The fourth-order valence-electron chi connectivity index (χ4n) is 1.54. The zero-order valence-corrected chi connectivity index (χ0v) is 11.8. The normalized spacial score (nSPS) is 10.2. The fraction of sp³-hybridized carbons (Fsp3) is 0.154. The van der Waals surface area contributed by atoms with Gasteiger partial charge in [-0.1, -0.05) is 18.2 Å². The smallest absolute Gasteiger partial charge is 0.268 e. The Morgan fingerprint density at radius 1 is 1.37 bits per heavy atom. The van der Waals surface area contributed by atoms with Gasteiger partial charge in [-0.05, 0) is 35.0 Å². The average Bonchev–Trinajstić information content (AvgIpc) is 2.41. The molecule has 5 nitrogen and oxygen atoms in total. The van der Waals surface area contributed by atoms with Crippen molar-refractivity contribution in [1.29, 1.82) is 0 Å². The van der Waals surface area contributed by atoms with Crippen LogP contribution in [0.2, 0.25) is 0 Å². The molecule has 1 aromatic heterocycles. The summed E-state index contributed by atoms with van der Waals surface area (Å²) in [6, 6.07) is 9.08. The van der Waals surface area contributed by atoms with E-state index in [1.165, 1.54) is 10.9 Å². The third-order valence-electron chi connectivity index (χ3n) is 2.53. The standard InChI is InChI=1S/C13H12BrN3O2/c1-9-12(14)13(19)17(8-15-9)7-11(18)16-10-5-3-2-4-6-10/h2-6,8H,7H2,1H3,(H,16,18). The molecule has 0 bridgehead atoms. The van der Waals surface area contributed by atoms with E-state index in [1.54, 1.807) is 19.1 Å². The highest BCUT2D eigenvalue weighted by Gasteiger charge is 2.09. The van der Waals surface area contributed by atoms with Gasteiger partial charge in [0.15, 0.2) is 0 Å². The van der Waals surface area contributed by atoms with Crippen molar-refractivity contribution in [3.8, 4) is 0 Å². The molecule has 19 heavy (non-hydrogen) atoms. The van der Waals surface area contributed by atoms with E-state index in [0.29, 0.717) is 15.9 Å². The van der Waals surface area contributed by atoms with Crippen molar-refractivity contribution in [2.75, 3.05) is 5.32 Å². The molecular formula is C13H12BrN3O2. The summed E-state index contributed by atoms with van der Waals surface area (Å²) in [7, 11) is 0. The fourth-order valence-corrected chi connectivity index (χ4v) is 1.87. The minimum absolute atomic E-state index is 0.0698. The lowest BCUT2D eigenvalue weighted by Gasteiger charge is -2.08. The van der Waals surface area contributed by atoms with E-state index in [4.69, 9.17) is 0 Å². The maximum absolute atomic E-state index is 11.9. The van der Waals surface area contributed by atoms with Crippen LogP contribution in [0.4, 0.5) is 5.69 Å². The average molecular weight is 322 g/mol. The summed E-state index contributed by atoms with van der Waals surface area (Å²) < 4.78 is 1.64. The van der Waals surface area contributed by atoms with E-state index in [-0.39, 0.29) is 18.0 Å². The number of para-hydroxylation sites is 1. The molecule has 0 fully saturated rings. The Morgan fingerprint density at radius 3 is 2.74 bits per heavy atom. The van der Waals surface area contributed by atoms with Crippen LogP contribution in [0.5, 0.6) is 0 Å². The van der Waals surface area contributed by atoms with E-state index in [2.05, 4.69) is 26.2 Å². The van der Waals surface area contributed by atoms with Crippen molar-refractivity contribution < 1.29 is 4.79 Å². The number of amides is 1. The second kappa shape index (κ2) is 5.79. The maximum Gasteiger partial charge on any atom is 0.268 e. The lowest BCUT2D eigenvalue weighted by molar-refractivity contribution is -0.116. The number of hydrogen-bond acceptors (Lipinski definition) is 3. The molecule has 0 aliphatic rings. The van der Waals surface area contributed by atoms with Gasteiger partial charge in [0, 0.05) is 5.69 Å². The number of hydrogen-bond donors (Lipinski definition) is 1. The number of carbonyl (C=O) groups excluding carboxylic acids is 1. The van der Waals surface area contributed by atoms with Crippen LogP contribution < -0.4 is 10.9 Å². The first-order chi connectivity index (χ1) is 9.08. The van der Waals surface area contributed by atoms with Crippen molar-refractivity contribution in [1.82, 2.24) is 9.55 Å². The zero-order valence-electron chi connectivity index (χ0n) is 10.3. The van der Waals surface area contributed by atoms with Gasteiger partial charge >= 0.3 is 0 Å². The molecule has 0 aliphatic heterocycles. The molecule has 2 rings (SSSR count). The number of aromatic nitrogens is 2. The van der Waals surface area contributed by atoms with Crippen molar-refractivity contribution in [3.63, 3.8) is 0 Å². The molecule has 1 N–H and O–H groups in total. The molecule has 6 heteroatoms. The summed E-state index contributed by atoms with van der Waals surface area (Å²) in [6.07, 6.45) is 1.37. The largest absolute Gasteiger partial charge is 0.325 e. The second-order valence-corrected chi connectivity index (χ2v) is 4.78. The van der Waals surface area contributed by atoms with Crippen LogP contribution in [0.1, 0.15) is 5.69 Å². The number of nitrogens with one attached hydrogen (secondary N) is 1. The quantitative estimate of drug-likeness (QED) is 0.939. The van der Waals surface area contributed by atoms with Crippen molar-refractivity contribution >= 4 is 27.5 Å². The first-order valence-electron chi connectivity index (χ1n) is 5.64. The molecule has 0 unspecified atom stereocenters. The van der Waals surface area contributed by atoms with E-state index in [0.717, 1.165) is 0 Å². The molecular weight excluding hydrogens is 310 g/mol. The molecule has 0 atom stereocenters. The highest BCUT2D eigenvalue weighted by Crippen LogP contribution is 2.07. The number of benzene rings is 1. The lowest BCUT2D eigenvalue weighted by atomic mass is 10.3. The van der Waals surface area contributed by atoms with Crippen LogP contribution >= 0.6 is 15.9 Å². The van der Waals surface area contributed by atoms with Gasteiger partial charge in [-0.15, -0.1) is 0 Å². The predicted molar refractivity (Wildman–Crippen MR) is 76.0 cm³/mol. The molecule has 0 aliphatic carbocycles. The topological polar surface area (TPSA) is 64.0 Å². The Balaban J connectivity index is 2.12. The number of anilines is 1. The molecule has 1 amide bonds. The minimum atomic E-state index is -0.272. The van der Waals surface area contributed by atoms with Gasteiger partial charge in [0.1, 0.15) is 11.0 Å². The third-order valence-corrected chi connectivity index (χ3v) is 3.44. The van der Waals surface area contributed by atoms with Crippen LogP contribution in [0.15, 0.2) is 45.9 Å². The van der Waals surface area contributed by atoms with Gasteiger partial charge in [-0.2, -0.15) is 0 Å². The minimum Gasteiger partial charge on any atom is -0.325 e. The zero-order chi connectivity index (χ0) is 13.8. The van der Waals surface area contributed by atoms with Crippen LogP contribution in [0, 0.1) is 6.92 Å². The molecule has 0 saturated carbocycles. The van der Waals surface area contributed by atoms with Gasteiger partial charge < -0.3 is 5.32 Å². The number of halogens is 1. The number of nitrogens with zero attached hydrogens (tertiary/aromatic N) is 2. The Hall–Kier alpha value is -1.95. The summed E-state index contributed by atoms with van der Waals surface area (Å²) >= 11 is 3.16. The summed E-state index contributed by atoms with van der Waals surface area (Å²) in [4.78, 5) is 27.7. The molecule has 0 saturated heterocycles. The van der Waals surface area contributed by atoms with Gasteiger partial charge in [-0.25, -0.2) is 4.98 Å². The summed E-state index contributed by atoms with van der Waals surface area (Å²) in [6.45, 7) is 1.65. The number of rotatable bonds is 3. The van der Waals surface area contributed by atoms with E-state index < -0.39 is 0 Å². The van der Waals surface area contributed by atoms with Gasteiger partial charge in [0.05, 0.1) is 12.0 Å². The highest BCUT2D eigenvalue weighted by atomic mass is 79.9. The Morgan fingerprint density at radius 2 is 2.05 bits per heavy atom. The van der Waals surface area contributed by atoms with Crippen LogP contribution in [-0.2, 0) is 11.3 Å². The van der Waals surface area contributed by atoms with E-state index >= 15 is 0 Å². The van der Waals surface area contributed by atoms with Gasteiger partial charge in [0.25, 0.3) is 5.56 Å². The molecule has 98 valence electrons. The first-order valence-corrected chi connectivity index (χ1v) is 6.43. The van der Waals surface area contributed by atoms with Gasteiger partial charge in [0.2, 0.25) is 5.91 Å². The van der Waals surface area contributed by atoms with Crippen molar-refractivity contribution in [2.24, 2.45) is 0 Å². The summed E-state index contributed by atoms with van der Waals surface area (Å²) in [5.74, 6) is -0.272. The molecule has 1 heterocycles. The van der Waals surface area contributed by atoms with E-state index in [1.807, 2.05) is 18.2 Å².